The first-order valence-electron chi connectivity index (χ1n) is 8.59. The fourth-order valence-corrected chi connectivity index (χ4v) is 4.23. The summed E-state index contributed by atoms with van der Waals surface area (Å²) in [7, 11) is 2.72. The Labute approximate surface area is 158 Å². The minimum absolute atomic E-state index is 0.0227. The molecular weight excluding hydrogens is 370 g/mol. The van der Waals surface area contributed by atoms with E-state index in [0.29, 0.717) is 37.6 Å². The number of hydrogen-bond acceptors (Lipinski definition) is 5. The summed E-state index contributed by atoms with van der Waals surface area (Å²) in [4.78, 5) is 14.4. The number of rotatable bonds is 4. The van der Waals surface area contributed by atoms with Gasteiger partial charge in [0.25, 0.3) is 5.56 Å². The second-order valence-electron chi connectivity index (χ2n) is 6.62. The predicted molar refractivity (Wildman–Crippen MR) is 103 cm³/mol. The van der Waals surface area contributed by atoms with Gasteiger partial charge in [0.05, 0.1) is 22.8 Å². The van der Waals surface area contributed by atoms with Crippen LogP contribution in [-0.4, -0.2) is 61.8 Å². The Balaban J connectivity index is 1.82. The number of hydrogen-bond donors (Lipinski definition) is 0. The molecule has 7 nitrogen and oxygen atoms in total. The average Bonchev–Trinajstić information content (AvgIpc) is 2.65. The summed E-state index contributed by atoms with van der Waals surface area (Å²) in [5, 5.41) is 3.66. The molecule has 1 fully saturated rings. The number of halogens is 1. The Kier molecular flexibility index (Phi) is 5.39. The fraction of sp³-hybridized carbons (Fsp3) is 0.412. The standard InChI is InChI=1S/C17H20BFN4O3S/c1-12(2)27(25,26)22-9-7-21(8-10-22)15-11-20-23(17(24)16(15)18)14-5-3-13(19)4-6-14/h3-6,11-12H,7-10H2,1-2H3. The van der Waals surface area contributed by atoms with Crippen molar-refractivity contribution in [2.24, 2.45) is 0 Å². The van der Waals surface area contributed by atoms with Gasteiger partial charge in [-0.1, -0.05) is 0 Å². The molecule has 0 amide bonds. The van der Waals surface area contributed by atoms with Gasteiger partial charge in [-0.3, -0.25) is 4.79 Å². The number of anilines is 1. The van der Waals surface area contributed by atoms with E-state index in [1.165, 1.54) is 34.8 Å². The largest absolute Gasteiger partial charge is 0.368 e. The van der Waals surface area contributed by atoms with Gasteiger partial charge in [-0.05, 0) is 43.6 Å². The highest BCUT2D eigenvalue weighted by atomic mass is 32.2. The lowest BCUT2D eigenvalue weighted by atomic mass is 9.95. The zero-order valence-corrected chi connectivity index (χ0v) is 16.0. The summed E-state index contributed by atoms with van der Waals surface area (Å²) in [6, 6.07) is 5.36. The molecule has 2 radical (unpaired) electrons. The first kappa shape index (κ1) is 19.6. The molecular formula is C17H20BFN4O3S. The van der Waals surface area contributed by atoms with Crippen molar-refractivity contribution in [1.29, 1.82) is 0 Å². The van der Waals surface area contributed by atoms with Gasteiger partial charge in [0.1, 0.15) is 13.7 Å². The quantitative estimate of drug-likeness (QED) is 0.689. The molecule has 1 aliphatic rings. The lowest BCUT2D eigenvalue weighted by Crippen LogP contribution is -2.52. The van der Waals surface area contributed by atoms with E-state index >= 15 is 0 Å². The molecule has 0 atom stereocenters. The van der Waals surface area contributed by atoms with Crippen LogP contribution in [-0.2, 0) is 10.0 Å². The van der Waals surface area contributed by atoms with Gasteiger partial charge in [-0.25, -0.2) is 12.8 Å². The molecule has 1 aromatic heterocycles. The third-order valence-corrected chi connectivity index (χ3v) is 6.88. The zero-order valence-electron chi connectivity index (χ0n) is 15.2. The van der Waals surface area contributed by atoms with Crippen molar-refractivity contribution in [1.82, 2.24) is 14.1 Å². The SMILES string of the molecule is [B]c1c(N2CCN(S(=O)(=O)C(C)C)CC2)cnn(-c2ccc(F)cc2)c1=O. The van der Waals surface area contributed by atoms with E-state index in [9.17, 15) is 17.6 Å². The molecule has 1 saturated heterocycles. The molecule has 142 valence electrons. The second kappa shape index (κ2) is 7.44. The molecule has 0 aliphatic carbocycles. The minimum Gasteiger partial charge on any atom is -0.368 e. The highest BCUT2D eigenvalue weighted by Gasteiger charge is 2.30. The van der Waals surface area contributed by atoms with E-state index in [1.807, 2.05) is 4.90 Å². The smallest absolute Gasteiger partial charge is 0.266 e. The van der Waals surface area contributed by atoms with Gasteiger partial charge >= 0.3 is 0 Å². The van der Waals surface area contributed by atoms with Crippen molar-refractivity contribution in [2.45, 2.75) is 19.1 Å². The van der Waals surface area contributed by atoms with Gasteiger partial charge in [0, 0.05) is 26.2 Å². The summed E-state index contributed by atoms with van der Waals surface area (Å²) in [6.07, 6.45) is 1.48. The van der Waals surface area contributed by atoms with E-state index in [4.69, 9.17) is 7.85 Å². The average molecular weight is 390 g/mol. The second-order valence-corrected chi connectivity index (χ2v) is 9.11. The van der Waals surface area contributed by atoms with Crippen LogP contribution in [0, 0.1) is 5.82 Å². The Bertz CT molecular complexity index is 984. The summed E-state index contributed by atoms with van der Waals surface area (Å²) < 4.78 is 40.2. The van der Waals surface area contributed by atoms with Crippen molar-refractivity contribution in [3.8, 4) is 5.69 Å². The molecule has 2 aromatic rings. The van der Waals surface area contributed by atoms with E-state index in [1.54, 1.807) is 13.8 Å². The highest BCUT2D eigenvalue weighted by Crippen LogP contribution is 2.16. The van der Waals surface area contributed by atoms with Crippen LogP contribution in [0.4, 0.5) is 10.1 Å². The molecule has 0 bridgehead atoms. The Morgan fingerprint density at radius 2 is 1.70 bits per heavy atom. The third kappa shape index (κ3) is 3.77. The number of aromatic nitrogens is 2. The van der Waals surface area contributed by atoms with Crippen LogP contribution in [0.3, 0.4) is 0 Å². The van der Waals surface area contributed by atoms with Crippen LogP contribution >= 0.6 is 0 Å². The van der Waals surface area contributed by atoms with Crippen LogP contribution in [0.2, 0.25) is 0 Å². The lowest BCUT2D eigenvalue weighted by molar-refractivity contribution is 0.381. The molecule has 2 heterocycles. The molecule has 3 rings (SSSR count). The van der Waals surface area contributed by atoms with E-state index < -0.39 is 26.6 Å². The van der Waals surface area contributed by atoms with Gasteiger partial charge in [0.15, 0.2) is 0 Å². The molecule has 0 spiro atoms. The van der Waals surface area contributed by atoms with Gasteiger partial charge in [0.2, 0.25) is 10.0 Å². The highest BCUT2D eigenvalue weighted by molar-refractivity contribution is 7.89. The maximum absolute atomic E-state index is 13.1. The normalized spacial score (nSPS) is 16.1. The van der Waals surface area contributed by atoms with E-state index in [-0.39, 0.29) is 5.46 Å². The van der Waals surface area contributed by atoms with E-state index in [0.717, 1.165) is 4.68 Å². The monoisotopic (exact) mass is 390 g/mol. The van der Waals surface area contributed by atoms with Crippen LogP contribution in [0.5, 0.6) is 0 Å². The van der Waals surface area contributed by atoms with Gasteiger partial charge < -0.3 is 4.90 Å². The minimum atomic E-state index is -3.31. The summed E-state index contributed by atoms with van der Waals surface area (Å²) >= 11 is 0. The van der Waals surface area contributed by atoms with Crippen LogP contribution in [0.15, 0.2) is 35.3 Å². The van der Waals surface area contributed by atoms with Gasteiger partial charge in [-0.15, -0.1) is 0 Å². The van der Waals surface area contributed by atoms with Crippen LogP contribution < -0.4 is 15.9 Å². The van der Waals surface area contributed by atoms with Gasteiger partial charge in [-0.2, -0.15) is 14.1 Å². The van der Waals surface area contributed by atoms with E-state index in [2.05, 4.69) is 5.10 Å². The Hall–Kier alpha value is -2.20. The molecule has 1 aliphatic heterocycles. The van der Waals surface area contributed by atoms with Crippen molar-refractivity contribution in [2.75, 3.05) is 31.1 Å². The maximum atomic E-state index is 13.1. The number of piperazine rings is 1. The first-order valence-corrected chi connectivity index (χ1v) is 10.1. The summed E-state index contributed by atoms with van der Waals surface area (Å²) in [5.41, 5.74) is 0.401. The van der Waals surface area contributed by atoms with Crippen molar-refractivity contribution in [3.63, 3.8) is 0 Å². The van der Waals surface area contributed by atoms with Crippen molar-refractivity contribution < 1.29 is 12.8 Å². The van der Waals surface area contributed by atoms with Crippen LogP contribution in [0.1, 0.15) is 13.8 Å². The molecule has 0 N–H and O–H groups in total. The zero-order chi connectivity index (χ0) is 19.8. The number of nitrogens with zero attached hydrogens (tertiary/aromatic N) is 4. The summed E-state index contributed by atoms with van der Waals surface area (Å²) in [6.45, 7) is 4.77. The molecule has 1 aromatic carbocycles. The summed E-state index contributed by atoms with van der Waals surface area (Å²) in [5.74, 6) is -0.411. The topological polar surface area (TPSA) is 75.5 Å². The molecule has 0 saturated carbocycles. The number of sulfonamides is 1. The van der Waals surface area contributed by atoms with Crippen LogP contribution in [0.25, 0.3) is 5.69 Å². The molecule has 0 unspecified atom stereocenters. The lowest BCUT2D eigenvalue weighted by Gasteiger charge is -2.36. The van der Waals surface area contributed by atoms with Crippen molar-refractivity contribution in [3.05, 3.63) is 46.6 Å². The fourth-order valence-electron chi connectivity index (χ4n) is 2.96. The molecule has 27 heavy (non-hydrogen) atoms. The Morgan fingerprint density at radius 3 is 2.26 bits per heavy atom. The predicted octanol–water partition coefficient (Wildman–Crippen LogP) is 0.0256. The first-order chi connectivity index (χ1) is 12.7. The molecule has 10 heteroatoms. The Morgan fingerprint density at radius 1 is 1.11 bits per heavy atom. The number of benzene rings is 1. The maximum Gasteiger partial charge on any atom is 0.266 e. The van der Waals surface area contributed by atoms with Crippen molar-refractivity contribution >= 4 is 29.0 Å². The third-order valence-electron chi connectivity index (χ3n) is 4.60.